The maximum absolute atomic E-state index is 12.6. The van der Waals surface area contributed by atoms with Gasteiger partial charge >= 0.3 is 0 Å². The van der Waals surface area contributed by atoms with Gasteiger partial charge in [-0.25, -0.2) is 8.42 Å². The van der Waals surface area contributed by atoms with Gasteiger partial charge in [0.05, 0.1) is 28.9 Å². The lowest BCUT2D eigenvalue weighted by atomic mass is 9.96. The highest BCUT2D eigenvalue weighted by atomic mass is 32.2. The first kappa shape index (κ1) is 18.2. The lowest BCUT2D eigenvalue weighted by Crippen LogP contribution is -2.51. The first-order chi connectivity index (χ1) is 12.0. The molecule has 2 saturated heterocycles. The summed E-state index contributed by atoms with van der Waals surface area (Å²) in [4.78, 5) is 4.63. The molecule has 2 bridgehead atoms. The average Bonchev–Trinajstić information content (AvgIpc) is 3.24. The Kier molecular flexibility index (Phi) is 5.64. The number of hydrogen-bond donors (Lipinski definition) is 2. The fraction of sp³-hybridized carbons (Fsp3) is 0.611. The number of sulfone groups is 1. The number of ether oxygens (including phenoxy) is 1. The normalized spacial score (nSPS) is 27.3. The van der Waals surface area contributed by atoms with Gasteiger partial charge in [-0.15, -0.1) is 0 Å². The van der Waals surface area contributed by atoms with Gasteiger partial charge in [0, 0.05) is 13.1 Å². The van der Waals surface area contributed by atoms with Gasteiger partial charge in [-0.05, 0) is 37.8 Å². The molecule has 0 aromatic heterocycles. The van der Waals surface area contributed by atoms with E-state index < -0.39 is 9.84 Å². The van der Waals surface area contributed by atoms with E-state index in [4.69, 9.17) is 4.74 Å². The molecule has 1 aromatic carbocycles. The highest BCUT2D eigenvalue weighted by molar-refractivity contribution is 7.91. The average molecular weight is 365 g/mol. The lowest BCUT2D eigenvalue weighted by Gasteiger charge is -2.25. The molecule has 0 radical (unpaired) electrons. The van der Waals surface area contributed by atoms with Crippen molar-refractivity contribution in [3.63, 3.8) is 0 Å². The molecule has 4 unspecified atom stereocenters. The van der Waals surface area contributed by atoms with E-state index in [1.807, 2.05) is 13.0 Å². The third-order valence-electron chi connectivity index (χ3n) is 5.01. The van der Waals surface area contributed by atoms with Crippen LogP contribution in [-0.2, 0) is 14.6 Å². The molecule has 7 heteroatoms. The molecular formula is C18H27N3O3S. The maximum atomic E-state index is 12.6. The maximum Gasteiger partial charge on any atom is 0.191 e. The quantitative estimate of drug-likeness (QED) is 0.593. The molecule has 2 heterocycles. The van der Waals surface area contributed by atoms with Gasteiger partial charge in [0.25, 0.3) is 0 Å². The molecule has 3 rings (SSSR count). The second kappa shape index (κ2) is 7.74. The van der Waals surface area contributed by atoms with Gasteiger partial charge in [-0.1, -0.05) is 25.1 Å². The minimum Gasteiger partial charge on any atom is -0.373 e. The van der Waals surface area contributed by atoms with Crippen molar-refractivity contribution in [3.05, 3.63) is 30.3 Å². The molecule has 1 aromatic rings. The number of nitrogens with zero attached hydrogens (tertiary/aromatic N) is 1. The van der Waals surface area contributed by atoms with Gasteiger partial charge in [-0.3, -0.25) is 4.99 Å². The zero-order chi connectivity index (χ0) is 17.9. The summed E-state index contributed by atoms with van der Waals surface area (Å²) in [5.41, 5.74) is 0. The zero-order valence-corrected chi connectivity index (χ0v) is 15.6. The predicted octanol–water partition coefficient (Wildman–Crippen LogP) is 1.72. The van der Waals surface area contributed by atoms with E-state index in [0.717, 1.165) is 19.3 Å². The van der Waals surface area contributed by atoms with Crippen molar-refractivity contribution in [1.29, 1.82) is 0 Å². The van der Waals surface area contributed by atoms with Crippen molar-refractivity contribution in [1.82, 2.24) is 10.6 Å². The summed E-state index contributed by atoms with van der Waals surface area (Å²) in [5.74, 6) is 0.692. The largest absolute Gasteiger partial charge is 0.373 e. The summed E-state index contributed by atoms with van der Waals surface area (Å²) >= 11 is 0. The smallest absolute Gasteiger partial charge is 0.191 e. The Bertz CT molecular complexity index is 706. The Morgan fingerprint density at radius 1 is 1.32 bits per heavy atom. The van der Waals surface area contributed by atoms with E-state index in [2.05, 4.69) is 15.6 Å². The van der Waals surface area contributed by atoms with Crippen LogP contribution in [0.1, 0.15) is 32.6 Å². The molecule has 2 N–H and O–H groups in total. The van der Waals surface area contributed by atoms with E-state index >= 15 is 0 Å². The third-order valence-corrected chi connectivity index (χ3v) is 6.84. The number of nitrogens with one attached hydrogen (secondary N) is 2. The van der Waals surface area contributed by atoms with Crippen LogP contribution in [0.5, 0.6) is 0 Å². The monoisotopic (exact) mass is 365 g/mol. The molecule has 4 atom stereocenters. The van der Waals surface area contributed by atoms with Crippen LogP contribution >= 0.6 is 0 Å². The Labute approximate surface area is 150 Å². The van der Waals surface area contributed by atoms with Crippen molar-refractivity contribution in [2.24, 2.45) is 4.99 Å². The molecule has 2 fully saturated rings. The molecule has 0 aliphatic carbocycles. The van der Waals surface area contributed by atoms with E-state index in [1.54, 1.807) is 31.3 Å². The van der Waals surface area contributed by atoms with E-state index in [-0.39, 0.29) is 23.9 Å². The van der Waals surface area contributed by atoms with Crippen molar-refractivity contribution in [2.75, 3.05) is 12.8 Å². The topological polar surface area (TPSA) is 79.8 Å². The molecular weight excluding hydrogens is 338 g/mol. The Balaban J connectivity index is 1.60. The summed E-state index contributed by atoms with van der Waals surface area (Å²) in [7, 11) is -1.62. The third kappa shape index (κ3) is 4.33. The van der Waals surface area contributed by atoms with Gasteiger partial charge in [0.15, 0.2) is 15.8 Å². The zero-order valence-electron chi connectivity index (χ0n) is 14.8. The Morgan fingerprint density at radius 2 is 2.08 bits per heavy atom. The first-order valence-electron chi connectivity index (χ1n) is 8.95. The second-order valence-electron chi connectivity index (χ2n) is 6.78. The molecule has 0 spiro atoms. The SMILES string of the molecule is CCC(CS(=O)(=O)c1ccccc1)NC(=NC)NC1CC2CCC1O2. The van der Waals surface area contributed by atoms with E-state index in [1.165, 1.54) is 0 Å². The molecule has 0 saturated carbocycles. The van der Waals surface area contributed by atoms with Crippen molar-refractivity contribution in [2.45, 2.75) is 61.8 Å². The Morgan fingerprint density at radius 3 is 2.64 bits per heavy atom. The van der Waals surface area contributed by atoms with E-state index in [9.17, 15) is 8.42 Å². The summed E-state index contributed by atoms with van der Waals surface area (Å²) in [6, 6.07) is 8.65. The summed E-state index contributed by atoms with van der Waals surface area (Å²) in [5, 5.41) is 6.68. The summed E-state index contributed by atoms with van der Waals surface area (Å²) in [6.45, 7) is 1.98. The number of benzene rings is 1. The first-order valence-corrected chi connectivity index (χ1v) is 10.6. The van der Waals surface area contributed by atoms with Crippen LogP contribution in [0.4, 0.5) is 0 Å². The number of fused-ring (bicyclic) bond motifs is 2. The predicted molar refractivity (Wildman–Crippen MR) is 98.5 cm³/mol. The van der Waals surface area contributed by atoms with Crippen molar-refractivity contribution >= 4 is 15.8 Å². The number of hydrogen-bond acceptors (Lipinski definition) is 4. The minimum absolute atomic E-state index is 0.0431. The molecule has 0 amide bonds. The van der Waals surface area contributed by atoms with Crippen LogP contribution in [0.3, 0.4) is 0 Å². The van der Waals surface area contributed by atoms with Crippen LogP contribution in [0.25, 0.3) is 0 Å². The van der Waals surface area contributed by atoms with Gasteiger partial charge < -0.3 is 15.4 Å². The van der Waals surface area contributed by atoms with Crippen molar-refractivity contribution < 1.29 is 13.2 Å². The number of rotatable bonds is 6. The number of guanidine groups is 1. The molecule has 6 nitrogen and oxygen atoms in total. The van der Waals surface area contributed by atoms with Crippen LogP contribution in [0, 0.1) is 0 Å². The van der Waals surface area contributed by atoms with Gasteiger partial charge in [-0.2, -0.15) is 0 Å². The summed E-state index contributed by atoms with van der Waals surface area (Å²) in [6.07, 6.45) is 4.52. The molecule has 25 heavy (non-hydrogen) atoms. The summed E-state index contributed by atoms with van der Waals surface area (Å²) < 4.78 is 31.1. The molecule has 138 valence electrons. The number of aliphatic imine (C=N–C) groups is 1. The van der Waals surface area contributed by atoms with E-state index in [0.29, 0.717) is 23.4 Å². The second-order valence-corrected chi connectivity index (χ2v) is 8.81. The highest BCUT2D eigenvalue weighted by Gasteiger charge is 2.41. The lowest BCUT2D eigenvalue weighted by molar-refractivity contribution is 0.0992. The van der Waals surface area contributed by atoms with Crippen LogP contribution in [0.15, 0.2) is 40.2 Å². The van der Waals surface area contributed by atoms with Gasteiger partial charge in [0.1, 0.15) is 0 Å². The standard InChI is InChI=1S/C18H27N3O3S/c1-3-13(12-25(22,23)15-7-5-4-6-8-15)20-18(19-2)21-16-11-14-9-10-17(16)24-14/h4-8,13-14,16-17H,3,9-12H2,1-2H3,(H2,19,20,21). The van der Waals surface area contributed by atoms with Crippen LogP contribution in [-0.4, -0.2) is 51.5 Å². The van der Waals surface area contributed by atoms with Crippen LogP contribution in [0.2, 0.25) is 0 Å². The van der Waals surface area contributed by atoms with Gasteiger partial charge in [0.2, 0.25) is 0 Å². The fourth-order valence-electron chi connectivity index (χ4n) is 3.58. The minimum atomic E-state index is -3.33. The molecule has 2 aliphatic rings. The van der Waals surface area contributed by atoms with Crippen molar-refractivity contribution in [3.8, 4) is 0 Å². The Hall–Kier alpha value is -1.60. The fourth-order valence-corrected chi connectivity index (χ4v) is 5.19. The van der Waals surface area contributed by atoms with Crippen LogP contribution < -0.4 is 10.6 Å². The molecule has 2 aliphatic heterocycles. The highest BCUT2D eigenvalue weighted by Crippen LogP contribution is 2.34.